The number of allylic oxidation sites excluding steroid dienone is 1. The first-order valence-electron chi connectivity index (χ1n) is 5.70. The Labute approximate surface area is 98.2 Å². The van der Waals surface area contributed by atoms with Crippen LogP contribution < -0.4 is 0 Å². The average Bonchev–Trinajstić information content (AvgIpc) is 2.12. The highest BCUT2D eigenvalue weighted by atomic mass is 16.1. The van der Waals surface area contributed by atoms with Gasteiger partial charge in [0.15, 0.2) is 0 Å². The predicted molar refractivity (Wildman–Crippen MR) is 68.7 cm³/mol. The number of carbonyl (C=O) groups excluding carboxylic acids is 1. The molecule has 1 heteroatoms. The second-order valence-electron chi connectivity index (χ2n) is 4.67. The van der Waals surface area contributed by atoms with E-state index in [1.54, 1.807) is 0 Å². The minimum absolute atomic E-state index is 0.299. The molecule has 0 amide bonds. The highest BCUT2D eigenvalue weighted by Gasteiger charge is 2.04. The Morgan fingerprint density at radius 2 is 1.69 bits per heavy atom. The summed E-state index contributed by atoms with van der Waals surface area (Å²) in [6, 6.07) is 6.30. The van der Waals surface area contributed by atoms with Gasteiger partial charge in [0.25, 0.3) is 0 Å². The molecule has 0 spiro atoms. The minimum atomic E-state index is 0.299. The Bertz CT molecular complexity index is 382. The van der Waals surface area contributed by atoms with E-state index in [0.717, 1.165) is 17.6 Å². The lowest BCUT2D eigenvalue weighted by Crippen LogP contribution is -2.03. The minimum Gasteiger partial charge on any atom is -0.299 e. The first kappa shape index (κ1) is 12.7. The second kappa shape index (κ2) is 5.64. The van der Waals surface area contributed by atoms with Crippen molar-refractivity contribution in [2.75, 3.05) is 0 Å². The van der Waals surface area contributed by atoms with Crippen LogP contribution in [0.15, 0.2) is 30.4 Å². The molecule has 0 unspecified atom stereocenters. The van der Waals surface area contributed by atoms with Gasteiger partial charge in [-0.05, 0) is 32.8 Å². The van der Waals surface area contributed by atoms with Crippen molar-refractivity contribution in [3.8, 4) is 0 Å². The fourth-order valence-electron chi connectivity index (χ4n) is 1.84. The van der Waals surface area contributed by atoms with E-state index >= 15 is 0 Å². The van der Waals surface area contributed by atoms with Crippen LogP contribution in [0.4, 0.5) is 0 Å². The third-order valence-electron chi connectivity index (χ3n) is 2.51. The molecule has 0 saturated carbocycles. The molecule has 0 N–H and O–H groups in total. The molecule has 0 radical (unpaired) electrons. The quantitative estimate of drug-likeness (QED) is 0.685. The van der Waals surface area contributed by atoms with Gasteiger partial charge in [0.2, 0.25) is 0 Å². The number of carbonyl (C=O) groups is 1. The van der Waals surface area contributed by atoms with Crippen molar-refractivity contribution in [1.82, 2.24) is 0 Å². The molecule has 16 heavy (non-hydrogen) atoms. The maximum absolute atomic E-state index is 11.7. The normalized spacial score (nSPS) is 10.2. The lowest BCUT2D eigenvalue weighted by molar-refractivity contribution is -0.118. The SMILES string of the molecule is C=C(C)CCC(=O)Cc1cc(C)cc(C)c1. The highest BCUT2D eigenvalue weighted by Crippen LogP contribution is 2.11. The fraction of sp³-hybridized carbons (Fsp3) is 0.400. The van der Waals surface area contributed by atoms with E-state index in [2.05, 4.69) is 38.6 Å². The Kier molecular flexibility index (Phi) is 4.48. The first-order chi connectivity index (χ1) is 7.47. The molecule has 0 heterocycles. The Hall–Kier alpha value is -1.37. The molecular formula is C15H20O. The van der Waals surface area contributed by atoms with Crippen molar-refractivity contribution in [3.05, 3.63) is 47.0 Å². The van der Waals surface area contributed by atoms with Crippen LogP contribution in [-0.2, 0) is 11.2 Å². The lowest BCUT2D eigenvalue weighted by Gasteiger charge is -2.04. The van der Waals surface area contributed by atoms with E-state index in [4.69, 9.17) is 0 Å². The molecular weight excluding hydrogens is 196 g/mol. The summed E-state index contributed by atoms with van der Waals surface area (Å²) in [5.41, 5.74) is 4.66. The zero-order valence-electron chi connectivity index (χ0n) is 10.5. The van der Waals surface area contributed by atoms with Crippen LogP contribution in [0.1, 0.15) is 36.5 Å². The lowest BCUT2D eigenvalue weighted by atomic mass is 10.0. The van der Waals surface area contributed by atoms with Gasteiger partial charge in [-0.2, -0.15) is 0 Å². The van der Waals surface area contributed by atoms with Crippen LogP contribution in [0.5, 0.6) is 0 Å². The van der Waals surface area contributed by atoms with E-state index in [1.807, 2.05) is 6.92 Å². The van der Waals surface area contributed by atoms with Gasteiger partial charge in [-0.15, -0.1) is 6.58 Å². The van der Waals surface area contributed by atoms with E-state index in [9.17, 15) is 4.79 Å². The molecule has 0 atom stereocenters. The van der Waals surface area contributed by atoms with Gasteiger partial charge in [0.05, 0.1) is 0 Å². The summed E-state index contributed by atoms with van der Waals surface area (Å²) in [6.45, 7) is 9.90. The summed E-state index contributed by atoms with van der Waals surface area (Å²) in [7, 11) is 0. The molecule has 0 aliphatic rings. The number of hydrogen-bond acceptors (Lipinski definition) is 1. The van der Waals surface area contributed by atoms with Crippen LogP contribution in [0.3, 0.4) is 0 Å². The van der Waals surface area contributed by atoms with E-state index in [1.165, 1.54) is 11.1 Å². The van der Waals surface area contributed by atoms with Gasteiger partial charge in [0, 0.05) is 12.8 Å². The van der Waals surface area contributed by atoms with Gasteiger partial charge < -0.3 is 0 Å². The number of aryl methyl sites for hydroxylation is 2. The molecule has 0 fully saturated rings. The van der Waals surface area contributed by atoms with E-state index in [-0.39, 0.29) is 0 Å². The van der Waals surface area contributed by atoms with Gasteiger partial charge >= 0.3 is 0 Å². The standard InChI is InChI=1S/C15H20O/c1-11(2)5-6-15(16)10-14-8-12(3)7-13(4)9-14/h7-9H,1,5-6,10H2,2-4H3. The monoisotopic (exact) mass is 216 g/mol. The maximum atomic E-state index is 11.7. The largest absolute Gasteiger partial charge is 0.299 e. The molecule has 0 aliphatic heterocycles. The number of Topliss-reactive ketones (excluding diaryl/α,β-unsaturated/α-hetero) is 1. The van der Waals surface area contributed by atoms with Crippen molar-refractivity contribution in [2.24, 2.45) is 0 Å². The number of hydrogen-bond donors (Lipinski definition) is 0. The fourth-order valence-corrected chi connectivity index (χ4v) is 1.84. The second-order valence-corrected chi connectivity index (χ2v) is 4.67. The molecule has 0 saturated heterocycles. The van der Waals surface area contributed by atoms with Crippen LogP contribution >= 0.6 is 0 Å². The Morgan fingerprint density at radius 3 is 2.19 bits per heavy atom. The average molecular weight is 216 g/mol. The third kappa shape index (κ3) is 4.43. The number of benzene rings is 1. The number of ketones is 1. The maximum Gasteiger partial charge on any atom is 0.137 e. The van der Waals surface area contributed by atoms with Crippen LogP contribution in [0.2, 0.25) is 0 Å². The topological polar surface area (TPSA) is 17.1 Å². The van der Waals surface area contributed by atoms with E-state index < -0.39 is 0 Å². The molecule has 1 rings (SSSR count). The molecule has 0 bridgehead atoms. The van der Waals surface area contributed by atoms with Crippen molar-refractivity contribution < 1.29 is 4.79 Å². The summed E-state index contributed by atoms with van der Waals surface area (Å²) < 4.78 is 0. The summed E-state index contributed by atoms with van der Waals surface area (Å²) in [6.07, 6.45) is 1.97. The Morgan fingerprint density at radius 1 is 1.12 bits per heavy atom. The molecule has 0 aromatic heterocycles. The number of rotatable bonds is 5. The zero-order chi connectivity index (χ0) is 12.1. The molecule has 1 nitrogen and oxygen atoms in total. The predicted octanol–water partition coefficient (Wildman–Crippen LogP) is 3.77. The zero-order valence-corrected chi connectivity index (χ0v) is 10.5. The summed E-state index contributed by atoms with van der Waals surface area (Å²) >= 11 is 0. The highest BCUT2D eigenvalue weighted by molar-refractivity contribution is 5.81. The van der Waals surface area contributed by atoms with Gasteiger partial charge in [-0.25, -0.2) is 0 Å². The van der Waals surface area contributed by atoms with Gasteiger partial charge in [-0.3, -0.25) is 4.79 Å². The van der Waals surface area contributed by atoms with Crippen LogP contribution in [0, 0.1) is 13.8 Å². The summed E-state index contributed by atoms with van der Waals surface area (Å²) in [5, 5.41) is 0. The molecule has 0 aliphatic carbocycles. The molecule has 86 valence electrons. The van der Waals surface area contributed by atoms with Crippen LogP contribution in [0.25, 0.3) is 0 Å². The smallest absolute Gasteiger partial charge is 0.137 e. The summed E-state index contributed by atoms with van der Waals surface area (Å²) in [5.74, 6) is 0.299. The first-order valence-corrected chi connectivity index (χ1v) is 5.70. The summed E-state index contributed by atoms with van der Waals surface area (Å²) in [4.78, 5) is 11.7. The van der Waals surface area contributed by atoms with Crippen molar-refractivity contribution in [2.45, 2.75) is 40.0 Å². The molecule has 1 aromatic rings. The van der Waals surface area contributed by atoms with Gasteiger partial charge in [0.1, 0.15) is 5.78 Å². The van der Waals surface area contributed by atoms with Gasteiger partial charge in [-0.1, -0.05) is 34.9 Å². The Balaban J connectivity index is 2.59. The van der Waals surface area contributed by atoms with E-state index in [0.29, 0.717) is 18.6 Å². The van der Waals surface area contributed by atoms with Crippen LogP contribution in [-0.4, -0.2) is 5.78 Å². The van der Waals surface area contributed by atoms with Crippen molar-refractivity contribution >= 4 is 5.78 Å². The third-order valence-corrected chi connectivity index (χ3v) is 2.51. The van der Waals surface area contributed by atoms with Crippen molar-refractivity contribution in [3.63, 3.8) is 0 Å². The molecule has 1 aromatic carbocycles. The van der Waals surface area contributed by atoms with Crippen molar-refractivity contribution in [1.29, 1.82) is 0 Å².